The van der Waals surface area contributed by atoms with Crippen LogP contribution in [0.4, 0.5) is 0 Å². The van der Waals surface area contributed by atoms with E-state index in [-0.39, 0.29) is 0 Å². The number of hydrogen-bond acceptors (Lipinski definition) is 3. The Balaban J connectivity index is 2.03. The minimum Gasteiger partial charge on any atom is -0.466 e. The molecule has 1 fully saturated rings. The van der Waals surface area contributed by atoms with Crippen LogP contribution in [0.3, 0.4) is 0 Å². The first-order valence-corrected chi connectivity index (χ1v) is 6.51. The Bertz CT molecular complexity index is 372. The van der Waals surface area contributed by atoms with Crippen LogP contribution in [0, 0.1) is 19.8 Å². The van der Waals surface area contributed by atoms with Gasteiger partial charge in [-0.2, -0.15) is 0 Å². The molecule has 0 amide bonds. The lowest BCUT2D eigenvalue weighted by molar-refractivity contribution is 0.0768. The van der Waals surface area contributed by atoms with Crippen molar-refractivity contribution < 1.29 is 9.52 Å². The third-order valence-electron chi connectivity index (χ3n) is 3.88. The van der Waals surface area contributed by atoms with E-state index < -0.39 is 0 Å². The van der Waals surface area contributed by atoms with Crippen LogP contribution in [0.2, 0.25) is 0 Å². The molecule has 1 N–H and O–H groups in total. The Morgan fingerprint density at radius 2 is 2.18 bits per heavy atom. The van der Waals surface area contributed by atoms with Crippen molar-refractivity contribution >= 4 is 0 Å². The molecule has 0 bridgehead atoms. The first kappa shape index (κ1) is 12.7. The van der Waals surface area contributed by atoms with E-state index in [9.17, 15) is 5.11 Å². The highest BCUT2D eigenvalue weighted by Crippen LogP contribution is 2.25. The number of aliphatic hydroxyl groups is 1. The van der Waals surface area contributed by atoms with E-state index in [1.54, 1.807) is 0 Å². The summed E-state index contributed by atoms with van der Waals surface area (Å²) in [6.07, 6.45) is 2.33. The first-order chi connectivity index (χ1) is 8.10. The summed E-state index contributed by atoms with van der Waals surface area (Å²) in [5.41, 5.74) is 1.29. The van der Waals surface area contributed by atoms with Gasteiger partial charge in [-0.3, -0.25) is 4.90 Å². The van der Waals surface area contributed by atoms with Gasteiger partial charge in [0.2, 0.25) is 0 Å². The van der Waals surface area contributed by atoms with Crippen LogP contribution in [-0.4, -0.2) is 29.2 Å². The summed E-state index contributed by atoms with van der Waals surface area (Å²) in [5, 5.41) is 9.27. The van der Waals surface area contributed by atoms with Crippen molar-refractivity contribution in [1.29, 1.82) is 0 Å². The molecule has 1 aliphatic heterocycles. The maximum Gasteiger partial charge on any atom is 0.105 e. The Morgan fingerprint density at radius 1 is 1.41 bits per heavy atom. The number of likely N-dealkylation sites (tertiary alicyclic amines) is 1. The van der Waals surface area contributed by atoms with E-state index in [1.165, 1.54) is 12.0 Å². The van der Waals surface area contributed by atoms with Crippen molar-refractivity contribution in [2.75, 3.05) is 13.2 Å². The number of piperidine rings is 1. The van der Waals surface area contributed by atoms with Crippen molar-refractivity contribution in [3.63, 3.8) is 0 Å². The molecule has 0 spiro atoms. The summed E-state index contributed by atoms with van der Waals surface area (Å²) in [6, 6.07) is 2.73. The third-order valence-corrected chi connectivity index (χ3v) is 3.88. The number of rotatable bonds is 3. The van der Waals surface area contributed by atoms with Crippen molar-refractivity contribution in [2.45, 2.75) is 46.2 Å². The monoisotopic (exact) mass is 237 g/mol. The van der Waals surface area contributed by atoms with Gasteiger partial charge in [0, 0.05) is 31.3 Å². The normalized spacial score (nSPS) is 26.4. The van der Waals surface area contributed by atoms with Gasteiger partial charge in [-0.15, -0.1) is 0 Å². The van der Waals surface area contributed by atoms with Crippen LogP contribution in [0.1, 0.15) is 36.8 Å². The van der Waals surface area contributed by atoms with E-state index in [0.29, 0.717) is 18.6 Å². The zero-order chi connectivity index (χ0) is 12.4. The van der Waals surface area contributed by atoms with E-state index in [1.807, 2.05) is 13.8 Å². The number of hydrogen-bond donors (Lipinski definition) is 1. The quantitative estimate of drug-likeness (QED) is 0.877. The molecule has 2 rings (SSSR count). The van der Waals surface area contributed by atoms with Crippen LogP contribution in [0.25, 0.3) is 0 Å². The lowest BCUT2D eigenvalue weighted by Gasteiger charge is -2.37. The topological polar surface area (TPSA) is 36.6 Å². The fourth-order valence-corrected chi connectivity index (χ4v) is 2.69. The van der Waals surface area contributed by atoms with Crippen LogP contribution in [0.5, 0.6) is 0 Å². The average molecular weight is 237 g/mol. The molecule has 0 aromatic carbocycles. The van der Waals surface area contributed by atoms with Crippen LogP contribution >= 0.6 is 0 Å². The van der Waals surface area contributed by atoms with E-state index in [4.69, 9.17) is 4.42 Å². The molecule has 0 saturated carbocycles. The summed E-state index contributed by atoms with van der Waals surface area (Å²) in [5.74, 6) is 2.46. The SMILES string of the molecule is Cc1cc(CN2CC(CO)CCC2C)c(C)o1. The molecule has 17 heavy (non-hydrogen) atoms. The van der Waals surface area contributed by atoms with Gasteiger partial charge in [-0.1, -0.05) is 0 Å². The predicted molar refractivity (Wildman–Crippen MR) is 67.9 cm³/mol. The van der Waals surface area contributed by atoms with Crippen LogP contribution in [0.15, 0.2) is 10.5 Å². The van der Waals surface area contributed by atoms with E-state index >= 15 is 0 Å². The minimum absolute atomic E-state index is 0.312. The average Bonchev–Trinajstić information content (AvgIpc) is 2.60. The molecule has 2 atom stereocenters. The molecule has 96 valence electrons. The Morgan fingerprint density at radius 3 is 2.76 bits per heavy atom. The number of aliphatic hydroxyl groups excluding tert-OH is 1. The standard InChI is InChI=1S/C14H23NO2/c1-10-4-5-13(9-16)7-15(10)8-14-6-11(2)17-12(14)3/h6,10,13,16H,4-5,7-9H2,1-3H3. The highest BCUT2D eigenvalue weighted by Gasteiger charge is 2.25. The maximum atomic E-state index is 9.27. The zero-order valence-corrected chi connectivity index (χ0v) is 11.1. The first-order valence-electron chi connectivity index (χ1n) is 6.51. The number of furan rings is 1. The fraction of sp³-hybridized carbons (Fsp3) is 0.714. The Kier molecular flexibility index (Phi) is 3.89. The fourth-order valence-electron chi connectivity index (χ4n) is 2.69. The van der Waals surface area contributed by atoms with Gasteiger partial charge in [0.15, 0.2) is 0 Å². The lowest BCUT2D eigenvalue weighted by atomic mass is 9.93. The van der Waals surface area contributed by atoms with Gasteiger partial charge in [-0.05, 0) is 45.6 Å². The molecule has 2 heterocycles. The zero-order valence-electron chi connectivity index (χ0n) is 11.1. The van der Waals surface area contributed by atoms with Crippen molar-refractivity contribution in [1.82, 2.24) is 4.90 Å². The number of nitrogens with zero attached hydrogens (tertiary/aromatic N) is 1. The van der Waals surface area contributed by atoms with E-state index in [0.717, 1.165) is 31.0 Å². The van der Waals surface area contributed by atoms with E-state index in [2.05, 4.69) is 17.9 Å². The molecule has 1 aromatic heterocycles. The van der Waals surface area contributed by atoms with Gasteiger partial charge in [0.05, 0.1) is 0 Å². The van der Waals surface area contributed by atoms with Gasteiger partial charge in [-0.25, -0.2) is 0 Å². The van der Waals surface area contributed by atoms with Crippen LogP contribution < -0.4 is 0 Å². The number of aryl methyl sites for hydroxylation is 2. The Hall–Kier alpha value is -0.800. The second-order valence-electron chi connectivity index (χ2n) is 5.34. The summed E-state index contributed by atoms with van der Waals surface area (Å²) >= 11 is 0. The molecule has 0 aliphatic carbocycles. The van der Waals surface area contributed by atoms with Crippen LogP contribution in [-0.2, 0) is 6.54 Å². The molecule has 0 radical (unpaired) electrons. The summed E-state index contributed by atoms with van der Waals surface area (Å²) in [7, 11) is 0. The molecule has 2 unspecified atom stereocenters. The van der Waals surface area contributed by atoms with Crippen molar-refractivity contribution in [3.05, 3.63) is 23.2 Å². The van der Waals surface area contributed by atoms with Gasteiger partial charge < -0.3 is 9.52 Å². The predicted octanol–water partition coefficient (Wildman–Crippen LogP) is 2.49. The van der Waals surface area contributed by atoms with Gasteiger partial charge in [0.25, 0.3) is 0 Å². The molecule has 1 saturated heterocycles. The summed E-state index contributed by atoms with van der Waals surface area (Å²) in [4.78, 5) is 2.46. The second kappa shape index (κ2) is 5.23. The molecular weight excluding hydrogens is 214 g/mol. The second-order valence-corrected chi connectivity index (χ2v) is 5.34. The van der Waals surface area contributed by atoms with Crippen molar-refractivity contribution in [3.8, 4) is 0 Å². The van der Waals surface area contributed by atoms with Gasteiger partial charge in [0.1, 0.15) is 11.5 Å². The third kappa shape index (κ3) is 2.90. The maximum absolute atomic E-state index is 9.27. The largest absolute Gasteiger partial charge is 0.466 e. The smallest absolute Gasteiger partial charge is 0.105 e. The molecule has 1 aromatic rings. The highest BCUT2D eigenvalue weighted by molar-refractivity contribution is 5.20. The molecular formula is C14H23NO2. The molecule has 1 aliphatic rings. The Labute approximate surface area is 103 Å². The highest BCUT2D eigenvalue weighted by atomic mass is 16.3. The molecule has 3 heteroatoms. The summed E-state index contributed by atoms with van der Waals surface area (Å²) < 4.78 is 5.57. The molecule has 3 nitrogen and oxygen atoms in total. The van der Waals surface area contributed by atoms with Crippen molar-refractivity contribution in [2.24, 2.45) is 5.92 Å². The lowest BCUT2D eigenvalue weighted by Crippen LogP contribution is -2.42. The summed E-state index contributed by atoms with van der Waals surface area (Å²) in [6.45, 7) is 8.55. The van der Waals surface area contributed by atoms with Gasteiger partial charge >= 0.3 is 0 Å². The minimum atomic E-state index is 0.312.